The number of alkyl halides is 1. The number of esters is 1. The molecule has 3 aromatic rings. The Labute approximate surface area is 253 Å². The summed E-state index contributed by atoms with van der Waals surface area (Å²) in [6.07, 6.45) is -4.56. The van der Waals surface area contributed by atoms with Crippen LogP contribution in [-0.4, -0.2) is 63.5 Å². The molecule has 1 saturated heterocycles. The van der Waals surface area contributed by atoms with Gasteiger partial charge in [0.05, 0.1) is 12.7 Å². The zero-order chi connectivity index (χ0) is 32.2. The Morgan fingerprint density at radius 3 is 2.32 bits per heavy atom. The van der Waals surface area contributed by atoms with E-state index < -0.39 is 67.9 Å². The Balaban J connectivity index is 1.52. The van der Waals surface area contributed by atoms with Gasteiger partial charge in [0.1, 0.15) is 30.3 Å². The lowest BCUT2D eigenvalue weighted by Gasteiger charge is -2.25. The zero-order valence-electron chi connectivity index (χ0n) is 25.1. The molecule has 1 aromatic heterocycles. The third kappa shape index (κ3) is 7.91. The van der Waals surface area contributed by atoms with Crippen LogP contribution in [0.4, 0.5) is 4.39 Å². The fraction of sp³-hybridized carbons (Fsp3) is 0.433. The van der Waals surface area contributed by atoms with Crippen LogP contribution in [0.3, 0.4) is 0 Å². The average Bonchev–Trinajstić information content (AvgIpc) is 3.19. The van der Waals surface area contributed by atoms with Crippen molar-refractivity contribution in [2.24, 2.45) is 0 Å². The molecule has 0 amide bonds. The van der Waals surface area contributed by atoms with Gasteiger partial charge in [0.15, 0.2) is 11.9 Å². The van der Waals surface area contributed by atoms with Crippen molar-refractivity contribution in [1.29, 1.82) is 0 Å². The highest BCUT2D eigenvalue weighted by atomic mass is 31.2. The fourth-order valence-corrected chi connectivity index (χ4v) is 6.06. The standard InChI is InChI=1S/C30H37FN3O9P/c1-18(2)41-27(37)20(4)32-17-44(39,43-23-12-10-22(11-13-23)21-8-6-19(3)7-9-21)40-16-24-26(36)30(5,31)28(42-24)34-15-14-25(35)33-29(34)38/h6-15,18,20,24,26,28,32,36H,16-17H2,1-5H3,(H,33,35,38)/t20-,24+,26+,28+,30+,44?/m0/s1. The van der Waals surface area contributed by atoms with Crippen LogP contribution in [0.25, 0.3) is 11.1 Å². The molecule has 4 rings (SSSR count). The largest absolute Gasteiger partial charge is 0.462 e. The van der Waals surface area contributed by atoms with Crippen molar-refractivity contribution in [3.63, 3.8) is 0 Å². The molecule has 1 aliphatic rings. The molecular formula is C30H37FN3O9P. The highest BCUT2D eigenvalue weighted by molar-refractivity contribution is 7.54. The molecule has 1 unspecified atom stereocenters. The molecule has 238 valence electrons. The van der Waals surface area contributed by atoms with Crippen LogP contribution in [0, 0.1) is 6.92 Å². The first-order valence-corrected chi connectivity index (χ1v) is 15.8. The lowest BCUT2D eigenvalue weighted by atomic mass is 9.98. The molecule has 2 aromatic carbocycles. The minimum Gasteiger partial charge on any atom is -0.462 e. The smallest absolute Gasteiger partial charge is 0.393 e. The van der Waals surface area contributed by atoms with Gasteiger partial charge in [-0.3, -0.25) is 29.0 Å². The second kappa shape index (κ2) is 13.6. The van der Waals surface area contributed by atoms with E-state index in [1.54, 1.807) is 38.1 Å². The summed E-state index contributed by atoms with van der Waals surface area (Å²) < 4.78 is 52.8. The summed E-state index contributed by atoms with van der Waals surface area (Å²) in [7, 11) is -4.14. The number of aromatic amines is 1. The fourth-order valence-electron chi connectivity index (χ4n) is 4.54. The number of aliphatic hydroxyl groups is 1. The summed E-state index contributed by atoms with van der Waals surface area (Å²) in [4.78, 5) is 38.1. The number of aryl methyl sites for hydroxylation is 1. The number of carbonyl (C=O) groups excluding carboxylic acids is 1. The van der Waals surface area contributed by atoms with Gasteiger partial charge in [-0.25, -0.2) is 13.8 Å². The second-order valence-electron chi connectivity index (χ2n) is 11.1. The zero-order valence-corrected chi connectivity index (χ0v) is 26.0. The summed E-state index contributed by atoms with van der Waals surface area (Å²) in [5.74, 6) is -0.379. The summed E-state index contributed by atoms with van der Waals surface area (Å²) in [5.41, 5.74) is -1.13. The first-order valence-electron chi connectivity index (χ1n) is 14.1. The van der Waals surface area contributed by atoms with Crippen LogP contribution in [0.2, 0.25) is 0 Å². The molecule has 0 spiro atoms. The molecule has 0 saturated carbocycles. The van der Waals surface area contributed by atoms with E-state index in [0.717, 1.165) is 40.4 Å². The van der Waals surface area contributed by atoms with Gasteiger partial charge in [0.2, 0.25) is 0 Å². The molecule has 0 radical (unpaired) electrons. The van der Waals surface area contributed by atoms with Crippen molar-refractivity contribution < 1.29 is 37.4 Å². The number of nitrogens with zero attached hydrogens (tertiary/aromatic N) is 1. The van der Waals surface area contributed by atoms with Crippen LogP contribution in [-0.2, 0) is 23.4 Å². The van der Waals surface area contributed by atoms with E-state index in [4.69, 9.17) is 18.5 Å². The van der Waals surface area contributed by atoms with E-state index in [1.807, 2.05) is 36.2 Å². The number of aliphatic hydroxyl groups excluding tert-OH is 1. The molecule has 6 atom stereocenters. The van der Waals surface area contributed by atoms with Crippen LogP contribution in [0.15, 0.2) is 70.4 Å². The lowest BCUT2D eigenvalue weighted by Crippen LogP contribution is -2.43. The predicted molar refractivity (Wildman–Crippen MR) is 160 cm³/mol. The van der Waals surface area contributed by atoms with Crippen LogP contribution in [0.1, 0.15) is 39.5 Å². The maximum Gasteiger partial charge on any atom is 0.393 e. The highest BCUT2D eigenvalue weighted by Crippen LogP contribution is 2.49. The van der Waals surface area contributed by atoms with Gasteiger partial charge in [0, 0.05) is 12.3 Å². The van der Waals surface area contributed by atoms with E-state index in [2.05, 4.69) is 5.32 Å². The lowest BCUT2D eigenvalue weighted by molar-refractivity contribution is -0.149. The van der Waals surface area contributed by atoms with Gasteiger partial charge in [-0.2, -0.15) is 0 Å². The average molecular weight is 634 g/mol. The van der Waals surface area contributed by atoms with Crippen molar-refractivity contribution >= 4 is 13.6 Å². The van der Waals surface area contributed by atoms with Crippen molar-refractivity contribution in [2.45, 2.75) is 70.9 Å². The van der Waals surface area contributed by atoms with Crippen LogP contribution >= 0.6 is 7.60 Å². The first-order chi connectivity index (χ1) is 20.7. The maximum absolute atomic E-state index is 15.7. The monoisotopic (exact) mass is 633 g/mol. The van der Waals surface area contributed by atoms with Crippen molar-refractivity contribution in [3.8, 4) is 16.9 Å². The molecular weight excluding hydrogens is 596 g/mol. The van der Waals surface area contributed by atoms with Gasteiger partial charge >= 0.3 is 19.3 Å². The third-order valence-corrected chi connectivity index (χ3v) is 8.64. The van der Waals surface area contributed by atoms with E-state index in [0.29, 0.717) is 0 Å². The quantitative estimate of drug-likeness (QED) is 0.199. The summed E-state index contributed by atoms with van der Waals surface area (Å²) in [6.45, 7) is 7.35. The summed E-state index contributed by atoms with van der Waals surface area (Å²) >= 11 is 0. The normalized spacial score (nSPS) is 23.7. The van der Waals surface area contributed by atoms with Gasteiger partial charge < -0.3 is 19.1 Å². The van der Waals surface area contributed by atoms with Gasteiger partial charge in [-0.15, -0.1) is 0 Å². The summed E-state index contributed by atoms with van der Waals surface area (Å²) in [6, 6.07) is 14.8. The number of rotatable bonds is 12. The number of H-pyrrole nitrogens is 1. The maximum atomic E-state index is 15.7. The summed E-state index contributed by atoms with van der Waals surface area (Å²) in [5, 5.41) is 13.5. The number of nitrogens with one attached hydrogen (secondary N) is 2. The molecule has 2 heterocycles. The molecule has 14 heteroatoms. The molecule has 44 heavy (non-hydrogen) atoms. The van der Waals surface area contributed by atoms with E-state index >= 15 is 4.39 Å². The SMILES string of the molecule is Cc1ccc(-c2ccc(OP(=O)(CN[C@@H](C)C(=O)OC(C)C)OC[C@H]3O[C@@H](n4ccc(=O)[nH]c4=O)[C@](C)(F)[C@@H]3O)cc2)cc1. The molecule has 1 aliphatic heterocycles. The number of carbonyl (C=O) groups is 1. The number of benzene rings is 2. The predicted octanol–water partition coefficient (Wildman–Crippen LogP) is 3.67. The Bertz CT molecular complexity index is 1610. The van der Waals surface area contributed by atoms with E-state index in [-0.39, 0.29) is 11.9 Å². The van der Waals surface area contributed by atoms with Crippen LogP contribution < -0.4 is 21.1 Å². The Morgan fingerprint density at radius 2 is 1.73 bits per heavy atom. The molecule has 12 nitrogen and oxygen atoms in total. The van der Waals surface area contributed by atoms with Crippen LogP contribution in [0.5, 0.6) is 5.75 Å². The van der Waals surface area contributed by atoms with Crippen molar-refractivity contribution in [1.82, 2.24) is 14.9 Å². The van der Waals surface area contributed by atoms with Crippen molar-refractivity contribution in [2.75, 3.05) is 12.9 Å². The first kappa shape index (κ1) is 33.3. The Hall–Kier alpha value is -3.61. The number of hydrogen-bond acceptors (Lipinski definition) is 10. The van der Waals surface area contributed by atoms with Gasteiger partial charge in [0.25, 0.3) is 5.56 Å². The van der Waals surface area contributed by atoms with Gasteiger partial charge in [-0.05, 0) is 57.9 Å². The third-order valence-electron chi connectivity index (χ3n) is 7.04. The van der Waals surface area contributed by atoms with Gasteiger partial charge in [-0.1, -0.05) is 42.0 Å². The molecule has 0 aliphatic carbocycles. The Morgan fingerprint density at radius 1 is 1.11 bits per heavy atom. The molecule has 0 bridgehead atoms. The topological polar surface area (TPSA) is 158 Å². The number of halogens is 1. The van der Waals surface area contributed by atoms with E-state index in [9.17, 15) is 24.1 Å². The number of ether oxygens (including phenoxy) is 2. The Kier molecular flexibility index (Phi) is 10.3. The molecule has 1 fully saturated rings. The molecule has 3 N–H and O–H groups in total. The number of hydrogen-bond donors (Lipinski definition) is 3. The minimum absolute atomic E-state index is 0.198. The van der Waals surface area contributed by atoms with E-state index in [1.165, 1.54) is 6.92 Å². The minimum atomic E-state index is -4.14. The second-order valence-corrected chi connectivity index (χ2v) is 13.1. The number of aromatic nitrogens is 2. The van der Waals surface area contributed by atoms with Crippen molar-refractivity contribution in [3.05, 3.63) is 87.2 Å². The highest BCUT2D eigenvalue weighted by Gasteiger charge is 2.55.